The summed E-state index contributed by atoms with van der Waals surface area (Å²) in [6.07, 6.45) is 3.51. The Balaban J connectivity index is 1.57. The van der Waals surface area contributed by atoms with E-state index in [-0.39, 0.29) is 0 Å². The molecular formula is C17H23N3O. The van der Waals surface area contributed by atoms with Gasteiger partial charge in [-0.15, -0.1) is 0 Å². The van der Waals surface area contributed by atoms with E-state index in [4.69, 9.17) is 5.26 Å². The molecule has 1 N–H and O–H groups in total. The van der Waals surface area contributed by atoms with E-state index in [1.165, 1.54) is 25.8 Å². The Morgan fingerprint density at radius 3 is 2.76 bits per heavy atom. The lowest BCUT2D eigenvalue weighted by molar-refractivity contribution is 0.0234. The third-order valence-corrected chi connectivity index (χ3v) is 4.78. The Hall–Kier alpha value is -1.41. The van der Waals surface area contributed by atoms with Gasteiger partial charge in [0.05, 0.1) is 17.7 Å². The van der Waals surface area contributed by atoms with Crippen molar-refractivity contribution in [2.75, 3.05) is 32.7 Å². The zero-order chi connectivity index (χ0) is 14.7. The van der Waals surface area contributed by atoms with Crippen LogP contribution in [0.25, 0.3) is 0 Å². The smallest absolute Gasteiger partial charge is 0.0991 e. The van der Waals surface area contributed by atoms with Crippen LogP contribution in [-0.2, 0) is 0 Å². The van der Waals surface area contributed by atoms with Gasteiger partial charge in [-0.05, 0) is 37.1 Å². The fourth-order valence-corrected chi connectivity index (χ4v) is 3.52. The summed E-state index contributed by atoms with van der Waals surface area (Å²) in [4.78, 5) is 4.99. The second kappa shape index (κ2) is 6.57. The number of β-amino-alcohol motifs (C(OH)–C–C–N with tert-alkyl or cyclic N) is 1. The quantitative estimate of drug-likeness (QED) is 0.919. The van der Waals surface area contributed by atoms with Crippen molar-refractivity contribution >= 4 is 0 Å². The Kier molecular flexibility index (Phi) is 4.54. The summed E-state index contributed by atoms with van der Waals surface area (Å²) in [6, 6.07) is 10.1. The minimum Gasteiger partial charge on any atom is -0.387 e. The van der Waals surface area contributed by atoms with Crippen molar-refractivity contribution in [2.24, 2.45) is 0 Å². The average molecular weight is 285 g/mol. The van der Waals surface area contributed by atoms with Crippen molar-refractivity contribution in [1.82, 2.24) is 9.80 Å². The molecule has 0 spiro atoms. The third-order valence-electron chi connectivity index (χ3n) is 4.78. The largest absolute Gasteiger partial charge is 0.387 e. The minimum absolute atomic E-state index is 0.465. The molecule has 3 rings (SSSR count). The zero-order valence-corrected chi connectivity index (χ0v) is 12.4. The molecule has 0 bridgehead atoms. The van der Waals surface area contributed by atoms with Crippen LogP contribution in [-0.4, -0.2) is 53.7 Å². The Bertz CT molecular complexity index is 508. The first-order valence-electron chi connectivity index (χ1n) is 7.91. The molecular weight excluding hydrogens is 262 g/mol. The van der Waals surface area contributed by atoms with Gasteiger partial charge in [0.15, 0.2) is 0 Å². The molecule has 1 aromatic carbocycles. The van der Waals surface area contributed by atoms with E-state index >= 15 is 0 Å². The van der Waals surface area contributed by atoms with E-state index in [9.17, 15) is 5.11 Å². The molecule has 112 valence electrons. The molecule has 4 nitrogen and oxygen atoms in total. The highest BCUT2D eigenvalue weighted by Gasteiger charge is 2.29. The highest BCUT2D eigenvalue weighted by Crippen LogP contribution is 2.23. The first kappa shape index (κ1) is 14.5. The van der Waals surface area contributed by atoms with Crippen LogP contribution in [0, 0.1) is 11.3 Å². The van der Waals surface area contributed by atoms with Gasteiger partial charge in [-0.1, -0.05) is 18.6 Å². The maximum atomic E-state index is 10.4. The lowest BCUT2D eigenvalue weighted by Crippen LogP contribution is -2.55. The molecule has 2 unspecified atom stereocenters. The summed E-state index contributed by atoms with van der Waals surface area (Å²) in [5.74, 6) is 0. The monoisotopic (exact) mass is 285 g/mol. The summed E-state index contributed by atoms with van der Waals surface area (Å²) in [5, 5.41) is 19.2. The van der Waals surface area contributed by atoms with Gasteiger partial charge in [-0.25, -0.2) is 0 Å². The molecule has 2 heterocycles. The van der Waals surface area contributed by atoms with Crippen molar-refractivity contribution in [3.05, 3.63) is 35.4 Å². The van der Waals surface area contributed by atoms with Crippen molar-refractivity contribution in [1.29, 1.82) is 5.26 Å². The Morgan fingerprint density at radius 1 is 1.19 bits per heavy atom. The van der Waals surface area contributed by atoms with Crippen LogP contribution in [0.15, 0.2) is 24.3 Å². The summed E-state index contributed by atoms with van der Waals surface area (Å²) in [5.41, 5.74) is 1.54. The SMILES string of the molecule is N#Cc1ccc(C(O)CN2CCN3CCCCC3C2)cc1. The zero-order valence-electron chi connectivity index (χ0n) is 12.4. The Labute approximate surface area is 126 Å². The van der Waals surface area contributed by atoms with Crippen molar-refractivity contribution in [2.45, 2.75) is 31.4 Å². The molecule has 0 radical (unpaired) electrons. The van der Waals surface area contributed by atoms with Crippen LogP contribution < -0.4 is 0 Å². The number of aliphatic hydroxyl groups is 1. The number of nitriles is 1. The van der Waals surface area contributed by atoms with E-state index < -0.39 is 6.10 Å². The lowest BCUT2D eigenvalue weighted by atomic mass is 9.99. The first-order valence-corrected chi connectivity index (χ1v) is 7.91. The fourth-order valence-electron chi connectivity index (χ4n) is 3.52. The number of piperidine rings is 1. The molecule has 0 saturated carbocycles. The number of piperazine rings is 1. The van der Waals surface area contributed by atoms with Crippen molar-refractivity contribution < 1.29 is 5.11 Å². The number of nitrogens with zero attached hydrogens (tertiary/aromatic N) is 3. The van der Waals surface area contributed by atoms with E-state index in [2.05, 4.69) is 15.9 Å². The molecule has 2 aliphatic heterocycles. The van der Waals surface area contributed by atoms with Gasteiger partial charge < -0.3 is 5.11 Å². The molecule has 2 saturated heterocycles. The van der Waals surface area contributed by atoms with Gasteiger partial charge in [0.25, 0.3) is 0 Å². The number of rotatable bonds is 3. The fraction of sp³-hybridized carbons (Fsp3) is 0.588. The summed E-state index contributed by atoms with van der Waals surface area (Å²) < 4.78 is 0. The van der Waals surface area contributed by atoms with Crippen LogP contribution in [0.2, 0.25) is 0 Å². The van der Waals surface area contributed by atoms with Gasteiger partial charge in [0, 0.05) is 32.2 Å². The van der Waals surface area contributed by atoms with Gasteiger partial charge in [0.2, 0.25) is 0 Å². The van der Waals surface area contributed by atoms with Gasteiger partial charge >= 0.3 is 0 Å². The van der Waals surface area contributed by atoms with Crippen LogP contribution >= 0.6 is 0 Å². The molecule has 2 aliphatic rings. The summed E-state index contributed by atoms with van der Waals surface area (Å²) in [7, 11) is 0. The van der Waals surface area contributed by atoms with Gasteiger partial charge in [0.1, 0.15) is 0 Å². The van der Waals surface area contributed by atoms with E-state index in [1.807, 2.05) is 12.1 Å². The maximum Gasteiger partial charge on any atom is 0.0991 e. The van der Waals surface area contributed by atoms with Gasteiger partial charge in [-0.3, -0.25) is 9.80 Å². The van der Waals surface area contributed by atoms with Crippen LogP contribution in [0.5, 0.6) is 0 Å². The summed E-state index contributed by atoms with van der Waals surface area (Å²) in [6.45, 7) is 5.19. The highest BCUT2D eigenvalue weighted by atomic mass is 16.3. The number of hydrogen-bond acceptors (Lipinski definition) is 4. The molecule has 2 atom stereocenters. The van der Waals surface area contributed by atoms with Crippen LogP contribution in [0.1, 0.15) is 36.5 Å². The molecule has 0 aromatic heterocycles. The maximum absolute atomic E-state index is 10.4. The molecule has 21 heavy (non-hydrogen) atoms. The predicted octanol–water partition coefficient (Wildman–Crippen LogP) is 1.76. The standard InChI is InChI=1S/C17H23N3O/c18-11-14-4-6-15(7-5-14)17(21)13-19-9-10-20-8-2-1-3-16(20)12-19/h4-7,16-17,21H,1-3,8-10,12-13H2. The third kappa shape index (κ3) is 3.44. The Morgan fingerprint density at radius 2 is 2.00 bits per heavy atom. The summed E-state index contributed by atoms with van der Waals surface area (Å²) >= 11 is 0. The van der Waals surface area contributed by atoms with Crippen LogP contribution in [0.4, 0.5) is 0 Å². The second-order valence-electron chi connectivity index (χ2n) is 6.19. The highest BCUT2D eigenvalue weighted by molar-refractivity contribution is 5.32. The molecule has 1 aromatic rings. The minimum atomic E-state index is -0.465. The number of fused-ring (bicyclic) bond motifs is 1. The topological polar surface area (TPSA) is 50.5 Å². The predicted molar refractivity (Wildman–Crippen MR) is 81.8 cm³/mol. The second-order valence-corrected chi connectivity index (χ2v) is 6.19. The number of hydrogen-bond donors (Lipinski definition) is 1. The number of benzene rings is 1. The number of aliphatic hydroxyl groups excluding tert-OH is 1. The van der Waals surface area contributed by atoms with E-state index in [1.54, 1.807) is 12.1 Å². The molecule has 0 amide bonds. The van der Waals surface area contributed by atoms with E-state index in [0.717, 1.165) is 25.2 Å². The van der Waals surface area contributed by atoms with Crippen molar-refractivity contribution in [3.63, 3.8) is 0 Å². The van der Waals surface area contributed by atoms with Crippen LogP contribution in [0.3, 0.4) is 0 Å². The molecule has 0 aliphatic carbocycles. The molecule has 4 heteroatoms. The molecule has 2 fully saturated rings. The normalized spacial score (nSPS) is 25.0. The van der Waals surface area contributed by atoms with Gasteiger partial charge in [-0.2, -0.15) is 5.26 Å². The lowest BCUT2D eigenvalue weighted by Gasteiger charge is -2.44. The van der Waals surface area contributed by atoms with Crippen molar-refractivity contribution in [3.8, 4) is 6.07 Å². The first-order chi connectivity index (χ1) is 10.3. The average Bonchev–Trinajstić information content (AvgIpc) is 2.55. The van der Waals surface area contributed by atoms with E-state index in [0.29, 0.717) is 18.2 Å².